The van der Waals surface area contributed by atoms with Crippen LogP contribution >= 0.6 is 0 Å². The van der Waals surface area contributed by atoms with Crippen LogP contribution in [0.15, 0.2) is 59.1 Å². The van der Waals surface area contributed by atoms with Crippen LogP contribution in [0.4, 0.5) is 0 Å². The van der Waals surface area contributed by atoms with Crippen LogP contribution in [0.25, 0.3) is 0 Å². The smallest absolute Gasteiger partial charge is 0.134 e. The lowest BCUT2D eigenvalue weighted by atomic mass is 9.90. The van der Waals surface area contributed by atoms with Gasteiger partial charge >= 0.3 is 0 Å². The Bertz CT molecular complexity index is 825. The molecule has 2 nitrogen and oxygen atoms in total. The van der Waals surface area contributed by atoms with Crippen molar-refractivity contribution < 1.29 is 9.47 Å². The highest BCUT2D eigenvalue weighted by Gasteiger charge is 2.39. The number of ether oxygens (including phenoxy) is 2. The molecule has 2 atom stereocenters. The van der Waals surface area contributed by atoms with Gasteiger partial charge in [-0.15, -0.1) is 0 Å². The molecule has 2 heteroatoms. The third kappa shape index (κ3) is 7.63. The number of benzene rings is 1. The Morgan fingerprint density at radius 2 is 1.09 bits per heavy atom. The van der Waals surface area contributed by atoms with E-state index in [1.54, 1.807) is 0 Å². The van der Waals surface area contributed by atoms with E-state index in [9.17, 15) is 0 Å². The van der Waals surface area contributed by atoms with E-state index in [2.05, 4.69) is 36.4 Å². The molecule has 0 amide bonds. The maximum absolute atomic E-state index is 6.28. The third-order valence-corrected chi connectivity index (χ3v) is 6.13. The van der Waals surface area contributed by atoms with Crippen molar-refractivity contribution >= 4 is 0 Å². The molecule has 5 aliphatic rings. The van der Waals surface area contributed by atoms with Crippen LogP contribution < -0.4 is 9.47 Å². The van der Waals surface area contributed by atoms with E-state index in [0.29, 0.717) is 0 Å². The SMILES string of the molecule is C1=C2Cc3cc4c(cc3OC2=CC2CC12)OC1=C/CCCC/C=C\1C4.CC.CC.CC.CC.CC. The van der Waals surface area contributed by atoms with Gasteiger partial charge in [0.1, 0.15) is 23.0 Å². The van der Waals surface area contributed by atoms with E-state index in [1.807, 2.05) is 69.2 Å². The summed E-state index contributed by atoms with van der Waals surface area (Å²) in [6.45, 7) is 20.0. The van der Waals surface area contributed by atoms with Crippen molar-refractivity contribution in [3.8, 4) is 11.5 Å². The van der Waals surface area contributed by atoms with Gasteiger partial charge in [-0.05, 0) is 84.4 Å². The van der Waals surface area contributed by atoms with Crippen molar-refractivity contribution in [2.24, 2.45) is 11.8 Å². The molecule has 0 bridgehead atoms. The highest BCUT2D eigenvalue weighted by molar-refractivity contribution is 5.58. The van der Waals surface area contributed by atoms with E-state index < -0.39 is 0 Å². The summed E-state index contributed by atoms with van der Waals surface area (Å²) in [5, 5.41) is 0. The van der Waals surface area contributed by atoms with Crippen LogP contribution in [0.1, 0.15) is 112 Å². The van der Waals surface area contributed by atoms with Crippen molar-refractivity contribution in [1.29, 1.82) is 0 Å². The van der Waals surface area contributed by atoms with Crippen molar-refractivity contribution in [1.82, 2.24) is 0 Å². The predicted octanol–water partition coefficient (Wildman–Crippen LogP) is 10.5. The fraction of sp³-hybridized carbons (Fsp3) is 0.576. The van der Waals surface area contributed by atoms with Crippen LogP contribution in [0.3, 0.4) is 0 Å². The first kappa shape index (κ1) is 30.8. The van der Waals surface area contributed by atoms with Gasteiger partial charge in [-0.3, -0.25) is 0 Å². The fourth-order valence-corrected chi connectivity index (χ4v) is 4.57. The Balaban J connectivity index is 0.000000552. The van der Waals surface area contributed by atoms with Crippen LogP contribution in [0, 0.1) is 11.8 Å². The first-order valence-electron chi connectivity index (χ1n) is 14.7. The summed E-state index contributed by atoms with van der Waals surface area (Å²) in [6, 6.07) is 4.44. The lowest BCUT2D eigenvalue weighted by molar-refractivity contribution is 0.386. The second-order valence-corrected chi connectivity index (χ2v) is 7.99. The summed E-state index contributed by atoms with van der Waals surface area (Å²) in [6.07, 6.45) is 17.5. The van der Waals surface area contributed by atoms with Gasteiger partial charge < -0.3 is 9.47 Å². The minimum atomic E-state index is 0.724. The van der Waals surface area contributed by atoms with Gasteiger partial charge in [-0.1, -0.05) is 81.4 Å². The number of hydrogen-bond acceptors (Lipinski definition) is 2. The molecule has 35 heavy (non-hydrogen) atoms. The number of rotatable bonds is 0. The van der Waals surface area contributed by atoms with Gasteiger partial charge in [0, 0.05) is 18.9 Å². The van der Waals surface area contributed by atoms with E-state index in [1.165, 1.54) is 48.0 Å². The normalized spacial score (nSPS) is 24.2. The van der Waals surface area contributed by atoms with Crippen LogP contribution in [0.2, 0.25) is 0 Å². The molecule has 1 saturated carbocycles. The van der Waals surface area contributed by atoms with E-state index in [0.717, 1.165) is 54.1 Å². The maximum atomic E-state index is 6.28. The lowest BCUT2D eigenvalue weighted by Crippen LogP contribution is -2.16. The molecule has 6 rings (SSSR count). The molecule has 0 spiro atoms. The summed E-state index contributed by atoms with van der Waals surface area (Å²) >= 11 is 0. The molecule has 0 saturated heterocycles. The van der Waals surface area contributed by atoms with Crippen molar-refractivity contribution in [3.63, 3.8) is 0 Å². The molecule has 196 valence electrons. The van der Waals surface area contributed by atoms with E-state index in [4.69, 9.17) is 9.47 Å². The molecule has 1 fully saturated rings. The average molecular weight is 481 g/mol. The Morgan fingerprint density at radius 3 is 1.71 bits per heavy atom. The van der Waals surface area contributed by atoms with E-state index >= 15 is 0 Å². The summed E-state index contributed by atoms with van der Waals surface area (Å²) in [5.41, 5.74) is 5.36. The van der Waals surface area contributed by atoms with Crippen LogP contribution in [0.5, 0.6) is 11.5 Å². The van der Waals surface area contributed by atoms with Gasteiger partial charge in [0.2, 0.25) is 0 Å². The molecule has 1 aromatic rings. The monoisotopic (exact) mass is 480 g/mol. The van der Waals surface area contributed by atoms with Gasteiger partial charge in [0.05, 0.1) is 0 Å². The summed E-state index contributed by atoms with van der Waals surface area (Å²) in [5.74, 6) is 5.63. The lowest BCUT2D eigenvalue weighted by Gasteiger charge is -2.29. The molecule has 2 unspecified atom stereocenters. The topological polar surface area (TPSA) is 18.5 Å². The minimum Gasteiger partial charge on any atom is -0.457 e. The summed E-state index contributed by atoms with van der Waals surface area (Å²) in [4.78, 5) is 0. The predicted molar refractivity (Wildman–Crippen MR) is 154 cm³/mol. The first-order valence-corrected chi connectivity index (χ1v) is 14.7. The molecule has 2 heterocycles. The van der Waals surface area contributed by atoms with Crippen LogP contribution in [-0.4, -0.2) is 0 Å². The molecule has 0 N–H and O–H groups in total. The van der Waals surface area contributed by atoms with Gasteiger partial charge in [-0.25, -0.2) is 0 Å². The second-order valence-electron chi connectivity index (χ2n) is 7.99. The summed E-state index contributed by atoms with van der Waals surface area (Å²) in [7, 11) is 0. The molecule has 2 aliphatic heterocycles. The van der Waals surface area contributed by atoms with Crippen molar-refractivity contribution in [3.05, 3.63) is 70.2 Å². The highest BCUT2D eigenvalue weighted by atomic mass is 16.5. The quantitative estimate of drug-likeness (QED) is 0.367. The highest BCUT2D eigenvalue weighted by Crippen LogP contribution is 2.50. The molecular weight excluding hydrogens is 428 g/mol. The zero-order valence-electron chi connectivity index (χ0n) is 24.4. The molecular formula is C33H52O2. The van der Waals surface area contributed by atoms with Crippen LogP contribution in [-0.2, 0) is 12.8 Å². The molecule has 0 aromatic heterocycles. The fourth-order valence-electron chi connectivity index (χ4n) is 4.57. The van der Waals surface area contributed by atoms with Gasteiger partial charge in [-0.2, -0.15) is 0 Å². The standard InChI is InChI=1S/C23H22O2.5C2H6/c1-2-4-6-20-14(5-3-1)7-17-10-19-11-18-9-15-8-16(15)12-21(18)25-23(19)13-22(17)24-20;5*1-2/h5-6,9-10,12-13,15-16H,1-4,7-8,11H2;5*1-2H3/b14-5-,20-6+;;;;;. The number of allylic oxidation sites excluding steroid dienone is 6. The number of hydrogen-bond donors (Lipinski definition) is 0. The second kappa shape index (κ2) is 16.5. The van der Waals surface area contributed by atoms with Gasteiger partial charge in [0.15, 0.2) is 0 Å². The Hall–Kier alpha value is -2.22. The summed E-state index contributed by atoms with van der Waals surface area (Å²) < 4.78 is 12.5. The Kier molecular flexibility index (Phi) is 14.5. The maximum Gasteiger partial charge on any atom is 0.134 e. The Labute approximate surface area is 217 Å². The number of fused-ring (bicyclic) bond motifs is 5. The third-order valence-electron chi connectivity index (χ3n) is 6.13. The Morgan fingerprint density at radius 1 is 0.571 bits per heavy atom. The van der Waals surface area contributed by atoms with Gasteiger partial charge in [0.25, 0.3) is 0 Å². The zero-order valence-corrected chi connectivity index (χ0v) is 24.4. The molecule has 0 radical (unpaired) electrons. The van der Waals surface area contributed by atoms with Crippen molar-refractivity contribution in [2.75, 3.05) is 0 Å². The first-order chi connectivity index (χ1) is 17.3. The largest absolute Gasteiger partial charge is 0.457 e. The minimum absolute atomic E-state index is 0.724. The zero-order chi connectivity index (χ0) is 26.4. The molecule has 1 aromatic carbocycles. The molecule has 3 aliphatic carbocycles. The van der Waals surface area contributed by atoms with E-state index in [-0.39, 0.29) is 0 Å². The van der Waals surface area contributed by atoms with Crippen molar-refractivity contribution in [2.45, 2.75) is 114 Å². The average Bonchev–Trinajstić information content (AvgIpc) is 3.69.